The van der Waals surface area contributed by atoms with Crippen LogP contribution in [0.2, 0.25) is 0 Å². The van der Waals surface area contributed by atoms with Crippen LogP contribution >= 0.6 is 0 Å². The van der Waals surface area contributed by atoms with Crippen LogP contribution in [0, 0.1) is 12.3 Å². The molecule has 1 aliphatic rings. The number of carbonyl (C=O) groups is 1. The lowest BCUT2D eigenvalue weighted by Crippen LogP contribution is -2.48. The van der Waals surface area contributed by atoms with E-state index in [9.17, 15) is 13.2 Å². The van der Waals surface area contributed by atoms with Crippen LogP contribution in [-0.2, 0) is 16.6 Å². The third-order valence-electron chi connectivity index (χ3n) is 5.00. The Kier molecular flexibility index (Phi) is 7.11. The van der Waals surface area contributed by atoms with Crippen LogP contribution in [0.25, 0.3) is 0 Å². The second-order valence-electron chi connectivity index (χ2n) is 6.97. The Balaban J connectivity index is 1.55. The molecule has 30 heavy (non-hydrogen) atoms. The van der Waals surface area contributed by atoms with Gasteiger partial charge in [0.1, 0.15) is 5.75 Å². The first-order valence-corrected chi connectivity index (χ1v) is 11.1. The number of carbonyl (C=O) groups excluding carboxylic acids is 1. The Morgan fingerprint density at radius 1 is 1.07 bits per heavy atom. The number of nitrogens with zero attached hydrogens (tertiary/aromatic N) is 2. The Morgan fingerprint density at radius 3 is 2.27 bits per heavy atom. The predicted molar refractivity (Wildman–Crippen MR) is 115 cm³/mol. The fraction of sp³-hybridized carbons (Fsp3) is 0.318. The first kappa shape index (κ1) is 21.8. The molecule has 1 aliphatic heterocycles. The molecule has 7 nitrogen and oxygen atoms in total. The maximum atomic E-state index is 12.8. The topological polar surface area (TPSA) is 79.0 Å². The molecule has 2 aromatic rings. The molecule has 3 rings (SSSR count). The highest BCUT2D eigenvalue weighted by Crippen LogP contribution is 2.16. The van der Waals surface area contributed by atoms with Crippen molar-refractivity contribution in [1.29, 1.82) is 0 Å². The molecule has 0 spiro atoms. The summed E-state index contributed by atoms with van der Waals surface area (Å²) in [5.41, 5.74) is 1.67. The zero-order valence-electron chi connectivity index (χ0n) is 16.9. The van der Waals surface area contributed by atoms with E-state index in [0.29, 0.717) is 18.7 Å². The van der Waals surface area contributed by atoms with Gasteiger partial charge in [0.25, 0.3) is 5.91 Å². The predicted octanol–water partition coefficient (Wildman–Crippen LogP) is 1.56. The Morgan fingerprint density at radius 2 is 1.70 bits per heavy atom. The molecule has 0 aromatic heterocycles. The molecule has 0 saturated carbocycles. The lowest BCUT2D eigenvalue weighted by atomic mass is 10.1. The van der Waals surface area contributed by atoms with Gasteiger partial charge in [0.15, 0.2) is 0 Å². The Bertz CT molecular complexity index is 1000. The molecule has 1 heterocycles. The van der Waals surface area contributed by atoms with E-state index in [4.69, 9.17) is 11.2 Å². The molecule has 1 fully saturated rings. The number of rotatable bonds is 7. The summed E-state index contributed by atoms with van der Waals surface area (Å²) in [6.07, 6.45) is 5.09. The number of piperazine rings is 1. The van der Waals surface area contributed by atoms with Crippen LogP contribution < -0.4 is 9.46 Å². The molecular weight excluding hydrogens is 402 g/mol. The summed E-state index contributed by atoms with van der Waals surface area (Å²) in [5, 5.41) is 0. The lowest BCUT2D eigenvalue weighted by molar-refractivity contribution is 0.0628. The van der Waals surface area contributed by atoms with Gasteiger partial charge < -0.3 is 9.64 Å². The number of nitrogens with one attached hydrogen (secondary N) is 1. The highest BCUT2D eigenvalue weighted by molar-refractivity contribution is 7.89. The van der Waals surface area contributed by atoms with Crippen LogP contribution in [0.3, 0.4) is 0 Å². The van der Waals surface area contributed by atoms with E-state index >= 15 is 0 Å². The summed E-state index contributed by atoms with van der Waals surface area (Å²) in [6, 6.07) is 13.9. The zero-order valence-corrected chi connectivity index (χ0v) is 17.7. The maximum absolute atomic E-state index is 12.8. The smallest absolute Gasteiger partial charge is 0.253 e. The van der Waals surface area contributed by atoms with Gasteiger partial charge in [-0.2, -0.15) is 4.72 Å². The molecule has 158 valence electrons. The second kappa shape index (κ2) is 9.76. The van der Waals surface area contributed by atoms with Gasteiger partial charge in [0, 0.05) is 38.3 Å². The molecule has 0 unspecified atom stereocenters. The Labute approximate surface area is 177 Å². The Hall–Kier alpha value is -2.86. The maximum Gasteiger partial charge on any atom is 0.253 e. The van der Waals surface area contributed by atoms with E-state index in [1.165, 1.54) is 29.8 Å². The summed E-state index contributed by atoms with van der Waals surface area (Å²) in [5.74, 6) is 2.96. The van der Waals surface area contributed by atoms with Crippen LogP contribution in [0.4, 0.5) is 0 Å². The lowest BCUT2D eigenvalue weighted by Gasteiger charge is -2.34. The van der Waals surface area contributed by atoms with E-state index in [-0.39, 0.29) is 17.3 Å². The molecule has 1 N–H and O–H groups in total. The number of ether oxygens (including phenoxy) is 1. The van der Waals surface area contributed by atoms with Crippen LogP contribution in [0.1, 0.15) is 15.9 Å². The molecular formula is C22H25N3O4S. The van der Waals surface area contributed by atoms with Crippen molar-refractivity contribution in [1.82, 2.24) is 14.5 Å². The summed E-state index contributed by atoms with van der Waals surface area (Å²) in [7, 11) is -2.02. The number of benzene rings is 2. The van der Waals surface area contributed by atoms with Gasteiger partial charge in [-0.05, 0) is 42.0 Å². The molecule has 1 saturated heterocycles. The summed E-state index contributed by atoms with van der Waals surface area (Å²) in [4.78, 5) is 17.0. The van der Waals surface area contributed by atoms with E-state index in [1.807, 2.05) is 24.3 Å². The summed E-state index contributed by atoms with van der Waals surface area (Å²) in [6.45, 7) is 3.55. The number of methoxy groups -OCH3 is 1. The summed E-state index contributed by atoms with van der Waals surface area (Å²) < 4.78 is 31.6. The van der Waals surface area contributed by atoms with Crippen molar-refractivity contribution < 1.29 is 17.9 Å². The van der Waals surface area contributed by atoms with Crippen LogP contribution in [-0.4, -0.2) is 64.0 Å². The number of terminal acetylenes is 1. The van der Waals surface area contributed by atoms with E-state index in [0.717, 1.165) is 25.4 Å². The highest BCUT2D eigenvalue weighted by atomic mass is 32.2. The normalized spacial score (nSPS) is 14.9. The van der Waals surface area contributed by atoms with Crippen molar-refractivity contribution in [3.8, 4) is 18.1 Å². The first-order valence-electron chi connectivity index (χ1n) is 9.60. The van der Waals surface area contributed by atoms with Gasteiger partial charge in [-0.15, -0.1) is 6.42 Å². The second-order valence-corrected chi connectivity index (χ2v) is 8.74. The monoisotopic (exact) mass is 427 g/mol. The largest absolute Gasteiger partial charge is 0.497 e. The SMILES string of the molecule is C#CCNS(=O)(=O)c1ccc(C(=O)N2CCN(Cc3ccc(OC)cc3)CC2)cc1. The fourth-order valence-corrected chi connectivity index (χ4v) is 4.21. The summed E-state index contributed by atoms with van der Waals surface area (Å²) >= 11 is 0. The molecule has 8 heteroatoms. The molecule has 2 aromatic carbocycles. The molecule has 1 amide bonds. The van der Waals surface area contributed by atoms with Crippen molar-refractivity contribution >= 4 is 15.9 Å². The van der Waals surface area contributed by atoms with Gasteiger partial charge in [-0.1, -0.05) is 18.1 Å². The minimum Gasteiger partial charge on any atom is -0.497 e. The molecule has 0 radical (unpaired) electrons. The average Bonchev–Trinajstić information content (AvgIpc) is 2.78. The number of hydrogen-bond donors (Lipinski definition) is 1. The van der Waals surface area contributed by atoms with E-state index < -0.39 is 10.0 Å². The zero-order chi connectivity index (χ0) is 21.6. The molecule has 0 bridgehead atoms. The number of sulfonamides is 1. The highest BCUT2D eigenvalue weighted by Gasteiger charge is 2.23. The number of amides is 1. The van der Waals surface area contributed by atoms with E-state index in [1.54, 1.807) is 12.0 Å². The van der Waals surface area contributed by atoms with Crippen LogP contribution in [0.15, 0.2) is 53.4 Å². The minimum atomic E-state index is -3.66. The minimum absolute atomic E-state index is 0.0795. The van der Waals surface area contributed by atoms with Gasteiger partial charge in [-0.25, -0.2) is 8.42 Å². The first-order chi connectivity index (χ1) is 14.4. The van der Waals surface area contributed by atoms with Gasteiger partial charge in [-0.3, -0.25) is 9.69 Å². The van der Waals surface area contributed by atoms with Gasteiger partial charge >= 0.3 is 0 Å². The molecule has 0 atom stereocenters. The van der Waals surface area contributed by atoms with Crippen LogP contribution in [0.5, 0.6) is 5.75 Å². The van der Waals surface area contributed by atoms with Gasteiger partial charge in [0.2, 0.25) is 10.0 Å². The van der Waals surface area contributed by atoms with Crippen molar-refractivity contribution in [2.24, 2.45) is 0 Å². The quantitative estimate of drug-likeness (QED) is 0.679. The van der Waals surface area contributed by atoms with Gasteiger partial charge in [0.05, 0.1) is 18.6 Å². The fourth-order valence-electron chi connectivity index (χ4n) is 3.28. The van der Waals surface area contributed by atoms with Crippen molar-refractivity contribution in [2.75, 3.05) is 39.8 Å². The van der Waals surface area contributed by atoms with Crippen molar-refractivity contribution in [2.45, 2.75) is 11.4 Å². The molecule has 0 aliphatic carbocycles. The standard InChI is InChI=1S/C22H25N3O4S/c1-3-12-23-30(27,28)21-10-6-19(7-11-21)22(26)25-15-13-24(14-16-25)17-18-4-8-20(29-2)9-5-18/h1,4-11,23H,12-17H2,2H3. The number of hydrogen-bond acceptors (Lipinski definition) is 5. The van der Waals surface area contributed by atoms with Crippen molar-refractivity contribution in [3.05, 3.63) is 59.7 Å². The van der Waals surface area contributed by atoms with E-state index in [2.05, 4.69) is 15.5 Å². The average molecular weight is 428 g/mol. The third kappa shape index (κ3) is 5.39. The van der Waals surface area contributed by atoms with Crippen molar-refractivity contribution in [3.63, 3.8) is 0 Å². The third-order valence-corrected chi connectivity index (χ3v) is 6.42.